The third kappa shape index (κ3) is 5.54. The molecular weight excluding hydrogens is 351 g/mol. The van der Waals surface area contributed by atoms with E-state index in [4.69, 9.17) is 15.2 Å². The fraction of sp³-hybridized carbons (Fsp3) is 0.538. The van der Waals surface area contributed by atoms with Crippen molar-refractivity contribution >= 4 is 28.3 Å². The van der Waals surface area contributed by atoms with E-state index >= 15 is 0 Å². The second-order valence-electron chi connectivity index (χ2n) is 4.48. The molecule has 1 heterocycles. The molecule has 2 N–H and O–H groups in total. The van der Waals surface area contributed by atoms with Crippen molar-refractivity contribution in [3.05, 3.63) is 28.5 Å². The van der Waals surface area contributed by atoms with Crippen molar-refractivity contribution < 1.29 is 13.9 Å². The van der Waals surface area contributed by atoms with Gasteiger partial charge in [0.2, 0.25) is 0 Å². The van der Waals surface area contributed by atoms with Crippen molar-refractivity contribution in [2.24, 2.45) is 5.73 Å². The zero-order valence-electron chi connectivity index (χ0n) is 11.1. The number of hydrogen-bond donors (Lipinski definition) is 1. The van der Waals surface area contributed by atoms with Crippen molar-refractivity contribution in [3.63, 3.8) is 0 Å². The fourth-order valence-electron chi connectivity index (χ4n) is 2.03. The molecule has 2 rings (SSSR count). The molecule has 7 heteroatoms. The molecule has 1 aliphatic rings. The Hall–Kier alpha value is -0.400. The van der Waals surface area contributed by atoms with E-state index in [2.05, 4.69) is 20.8 Å². The Morgan fingerprint density at radius 1 is 1.45 bits per heavy atom. The van der Waals surface area contributed by atoms with Gasteiger partial charge in [0, 0.05) is 36.7 Å². The van der Waals surface area contributed by atoms with Crippen LogP contribution in [0.4, 0.5) is 4.39 Å². The van der Waals surface area contributed by atoms with Crippen LogP contribution in [0, 0.1) is 5.82 Å². The van der Waals surface area contributed by atoms with E-state index in [1.165, 1.54) is 12.1 Å². The highest BCUT2D eigenvalue weighted by Gasteiger charge is 2.18. The maximum Gasteiger partial charge on any atom is 0.128 e. The zero-order chi connectivity index (χ0) is 13.7. The number of ether oxygens (including phenoxy) is 2. The standard InChI is InChI=1S/C13H18BrFN2O2.ClH/c14-10-5-11(15)7-12(6-10)18-3-1-17-2-4-19-13(8-16)9-17;/h5-7,13H,1-4,8-9,16H2;1H. The van der Waals surface area contributed by atoms with Gasteiger partial charge in [0.15, 0.2) is 0 Å². The van der Waals surface area contributed by atoms with Gasteiger partial charge in [0.05, 0.1) is 12.7 Å². The van der Waals surface area contributed by atoms with E-state index in [0.29, 0.717) is 30.0 Å². The van der Waals surface area contributed by atoms with Crippen LogP contribution in [-0.2, 0) is 4.74 Å². The van der Waals surface area contributed by atoms with Crippen molar-refractivity contribution in [2.45, 2.75) is 6.10 Å². The number of halogens is 3. The van der Waals surface area contributed by atoms with Gasteiger partial charge in [0.1, 0.15) is 18.2 Å². The number of rotatable bonds is 5. The maximum absolute atomic E-state index is 13.2. The highest BCUT2D eigenvalue weighted by atomic mass is 79.9. The van der Waals surface area contributed by atoms with Crippen molar-refractivity contribution in [2.75, 3.05) is 39.4 Å². The van der Waals surface area contributed by atoms with Crippen LogP contribution in [0.2, 0.25) is 0 Å². The molecule has 1 unspecified atom stereocenters. The lowest BCUT2D eigenvalue weighted by Crippen LogP contribution is -2.46. The minimum Gasteiger partial charge on any atom is -0.492 e. The first-order valence-corrected chi connectivity index (χ1v) is 7.09. The van der Waals surface area contributed by atoms with E-state index in [1.807, 2.05) is 0 Å². The van der Waals surface area contributed by atoms with Crippen molar-refractivity contribution in [1.82, 2.24) is 4.90 Å². The first-order chi connectivity index (χ1) is 9.17. The summed E-state index contributed by atoms with van der Waals surface area (Å²) in [6, 6.07) is 4.54. The molecular formula is C13H19BrClFN2O2. The lowest BCUT2D eigenvalue weighted by atomic mass is 10.3. The molecule has 114 valence electrons. The number of nitrogens with zero attached hydrogens (tertiary/aromatic N) is 1. The first-order valence-electron chi connectivity index (χ1n) is 6.30. The van der Waals surface area contributed by atoms with Gasteiger partial charge in [-0.3, -0.25) is 4.90 Å². The predicted octanol–water partition coefficient (Wildman–Crippen LogP) is 2.05. The van der Waals surface area contributed by atoms with Crippen LogP contribution < -0.4 is 10.5 Å². The zero-order valence-corrected chi connectivity index (χ0v) is 13.5. The molecule has 0 aliphatic carbocycles. The maximum atomic E-state index is 13.2. The van der Waals surface area contributed by atoms with Crippen molar-refractivity contribution in [3.8, 4) is 5.75 Å². The van der Waals surface area contributed by atoms with E-state index in [9.17, 15) is 4.39 Å². The molecule has 1 aromatic rings. The smallest absolute Gasteiger partial charge is 0.128 e. The van der Waals surface area contributed by atoms with Gasteiger partial charge in [-0.2, -0.15) is 0 Å². The molecule has 0 spiro atoms. The van der Waals surface area contributed by atoms with Crippen LogP contribution in [0.25, 0.3) is 0 Å². The first kappa shape index (κ1) is 17.7. The van der Waals surface area contributed by atoms with E-state index in [1.54, 1.807) is 6.07 Å². The molecule has 0 radical (unpaired) electrons. The Bertz CT molecular complexity index is 405. The van der Waals surface area contributed by atoms with Crippen LogP contribution >= 0.6 is 28.3 Å². The minimum absolute atomic E-state index is 0. The van der Waals surface area contributed by atoms with Gasteiger partial charge >= 0.3 is 0 Å². The summed E-state index contributed by atoms with van der Waals surface area (Å²) in [5.41, 5.74) is 5.59. The molecule has 0 saturated carbocycles. The molecule has 1 aliphatic heterocycles. The lowest BCUT2D eigenvalue weighted by molar-refractivity contribution is -0.0261. The van der Waals surface area contributed by atoms with Crippen LogP contribution in [0.3, 0.4) is 0 Å². The third-order valence-corrected chi connectivity index (χ3v) is 3.46. The fourth-order valence-corrected chi connectivity index (χ4v) is 2.47. The van der Waals surface area contributed by atoms with Crippen molar-refractivity contribution in [1.29, 1.82) is 0 Å². The topological polar surface area (TPSA) is 47.7 Å². The summed E-state index contributed by atoms with van der Waals surface area (Å²) in [4.78, 5) is 2.25. The second-order valence-corrected chi connectivity index (χ2v) is 5.40. The number of benzene rings is 1. The summed E-state index contributed by atoms with van der Waals surface area (Å²) in [6.45, 7) is 4.25. The predicted molar refractivity (Wildman–Crippen MR) is 82.1 cm³/mol. The number of morpholine rings is 1. The number of hydrogen-bond acceptors (Lipinski definition) is 4. The van der Waals surface area contributed by atoms with Crippen LogP contribution in [0.5, 0.6) is 5.75 Å². The third-order valence-electron chi connectivity index (χ3n) is 3.00. The Labute approximate surface area is 132 Å². The SMILES string of the molecule is Cl.NCC1CN(CCOc2cc(F)cc(Br)c2)CCO1. The van der Waals surface area contributed by atoms with E-state index < -0.39 is 0 Å². The summed E-state index contributed by atoms with van der Waals surface area (Å²) < 4.78 is 24.9. The second kappa shape index (κ2) is 8.79. The number of nitrogens with two attached hydrogens (primary N) is 1. The summed E-state index contributed by atoms with van der Waals surface area (Å²) in [7, 11) is 0. The van der Waals surface area contributed by atoms with Crippen LogP contribution in [-0.4, -0.2) is 50.4 Å². The summed E-state index contributed by atoms with van der Waals surface area (Å²) in [5.74, 6) is 0.231. The molecule has 1 atom stereocenters. The Balaban J connectivity index is 0.00000200. The summed E-state index contributed by atoms with van der Waals surface area (Å²) in [5, 5.41) is 0. The van der Waals surface area contributed by atoms with Gasteiger partial charge in [0.25, 0.3) is 0 Å². The largest absolute Gasteiger partial charge is 0.492 e. The van der Waals surface area contributed by atoms with Gasteiger partial charge < -0.3 is 15.2 Å². The van der Waals surface area contributed by atoms with Gasteiger partial charge in [-0.25, -0.2) is 4.39 Å². The average Bonchev–Trinajstić information content (AvgIpc) is 2.38. The minimum atomic E-state index is -0.307. The highest BCUT2D eigenvalue weighted by molar-refractivity contribution is 9.10. The molecule has 1 fully saturated rings. The summed E-state index contributed by atoms with van der Waals surface area (Å²) in [6.07, 6.45) is 0.108. The average molecular weight is 370 g/mol. The van der Waals surface area contributed by atoms with Gasteiger partial charge in [-0.15, -0.1) is 12.4 Å². The molecule has 1 saturated heterocycles. The van der Waals surface area contributed by atoms with Crippen LogP contribution in [0.15, 0.2) is 22.7 Å². The summed E-state index contributed by atoms with van der Waals surface area (Å²) >= 11 is 3.24. The quantitative estimate of drug-likeness (QED) is 0.863. The Kier molecular flexibility index (Phi) is 7.76. The molecule has 1 aromatic carbocycles. The molecule has 0 amide bonds. The molecule has 0 bridgehead atoms. The molecule has 4 nitrogen and oxygen atoms in total. The van der Waals surface area contributed by atoms with E-state index in [-0.39, 0.29) is 24.3 Å². The van der Waals surface area contributed by atoms with Gasteiger partial charge in [-0.05, 0) is 12.1 Å². The molecule has 20 heavy (non-hydrogen) atoms. The molecule has 0 aromatic heterocycles. The Morgan fingerprint density at radius 3 is 2.95 bits per heavy atom. The normalized spacial score (nSPS) is 19.4. The van der Waals surface area contributed by atoms with Gasteiger partial charge in [-0.1, -0.05) is 15.9 Å². The highest BCUT2D eigenvalue weighted by Crippen LogP contribution is 2.20. The monoisotopic (exact) mass is 368 g/mol. The Morgan fingerprint density at radius 2 is 2.25 bits per heavy atom. The van der Waals surface area contributed by atoms with E-state index in [0.717, 1.165) is 19.6 Å². The lowest BCUT2D eigenvalue weighted by Gasteiger charge is -2.32. The van der Waals surface area contributed by atoms with Crippen LogP contribution in [0.1, 0.15) is 0 Å².